The highest BCUT2D eigenvalue weighted by Crippen LogP contribution is 2.34. The van der Waals surface area contributed by atoms with Gasteiger partial charge in [-0.15, -0.1) is 0 Å². The van der Waals surface area contributed by atoms with Crippen molar-refractivity contribution in [1.82, 2.24) is 5.43 Å². The topological polar surface area (TPSA) is 73.8 Å². The van der Waals surface area contributed by atoms with Gasteiger partial charge < -0.3 is 10.2 Å². The van der Waals surface area contributed by atoms with Crippen molar-refractivity contribution >= 4 is 41.5 Å². The molecule has 2 amide bonds. The van der Waals surface area contributed by atoms with E-state index < -0.39 is 11.7 Å². The maximum atomic E-state index is 12.4. The number of aryl methyl sites for hydroxylation is 2. The summed E-state index contributed by atoms with van der Waals surface area (Å²) in [5.41, 5.74) is 6.34. The minimum absolute atomic E-state index is 0.0532. The zero-order valence-electron chi connectivity index (χ0n) is 24.8. The summed E-state index contributed by atoms with van der Waals surface area (Å²) in [4.78, 5) is 24.2. The highest BCUT2D eigenvalue weighted by Gasteiger charge is 2.32. The third kappa shape index (κ3) is 12.8. The molecule has 1 aliphatic rings. The van der Waals surface area contributed by atoms with Crippen LogP contribution in [0.15, 0.2) is 71.8 Å². The van der Waals surface area contributed by atoms with Gasteiger partial charge in [-0.1, -0.05) is 55.3 Å². The molecule has 3 aromatic carbocycles. The van der Waals surface area contributed by atoms with Crippen LogP contribution in [0.5, 0.6) is 0 Å². The van der Waals surface area contributed by atoms with Crippen LogP contribution in [0.25, 0.3) is 0 Å². The quantitative estimate of drug-likeness (QED) is 0.174. The van der Waals surface area contributed by atoms with Crippen LogP contribution in [0, 0.1) is 13.8 Å². The molecule has 42 heavy (non-hydrogen) atoms. The molecule has 1 heterocycles. The molecular formula is C32H40ClF3N4O2. The monoisotopic (exact) mass is 604 g/mol. The number of nitrogens with zero attached hydrogens (tertiary/aromatic N) is 2. The van der Waals surface area contributed by atoms with Gasteiger partial charge in [0.2, 0.25) is 6.41 Å². The van der Waals surface area contributed by atoms with E-state index >= 15 is 0 Å². The Labute approximate surface area is 252 Å². The van der Waals surface area contributed by atoms with Gasteiger partial charge in [0.25, 0.3) is 5.91 Å². The Morgan fingerprint density at radius 1 is 0.952 bits per heavy atom. The van der Waals surface area contributed by atoms with Gasteiger partial charge in [-0.05, 0) is 88.1 Å². The molecule has 10 heteroatoms. The Morgan fingerprint density at radius 2 is 1.62 bits per heavy atom. The maximum Gasteiger partial charge on any atom is 0.417 e. The number of nitrogens with one attached hydrogen (secondary N) is 2. The first-order chi connectivity index (χ1) is 20.1. The van der Waals surface area contributed by atoms with Crippen molar-refractivity contribution in [3.63, 3.8) is 0 Å². The Morgan fingerprint density at radius 3 is 2.12 bits per heavy atom. The Balaban J connectivity index is 0.000000385. The summed E-state index contributed by atoms with van der Waals surface area (Å²) in [6, 6.07) is 18.9. The summed E-state index contributed by atoms with van der Waals surface area (Å²) >= 11 is 5.29. The smallest absolute Gasteiger partial charge is 0.372 e. The number of amides is 2. The molecule has 228 valence electrons. The molecule has 3 aromatic rings. The number of alkyl halides is 3. The number of carbonyl (C=O) groups is 2. The summed E-state index contributed by atoms with van der Waals surface area (Å²) in [5.74, 6) is -0.0532. The number of carbonyl (C=O) groups excluding carboxylic acids is 2. The number of hydrazone groups is 1. The first-order valence-electron chi connectivity index (χ1n) is 13.8. The van der Waals surface area contributed by atoms with Crippen molar-refractivity contribution in [1.29, 1.82) is 0 Å². The molecule has 0 atom stereocenters. The molecule has 0 bridgehead atoms. The third-order valence-electron chi connectivity index (χ3n) is 5.90. The van der Waals surface area contributed by atoms with Gasteiger partial charge in [0.1, 0.15) is 0 Å². The first kappa shape index (κ1) is 36.2. The van der Waals surface area contributed by atoms with Crippen LogP contribution in [-0.2, 0) is 11.0 Å². The fraction of sp³-hybridized carbons (Fsp3) is 0.344. The maximum absolute atomic E-state index is 12.4. The van der Waals surface area contributed by atoms with Gasteiger partial charge in [-0.2, -0.15) is 18.3 Å². The average Bonchev–Trinajstić information content (AvgIpc) is 2.99. The minimum Gasteiger partial charge on any atom is -0.372 e. The van der Waals surface area contributed by atoms with Crippen LogP contribution in [-0.4, -0.2) is 31.6 Å². The first-order valence-corrected chi connectivity index (χ1v) is 14.2. The van der Waals surface area contributed by atoms with E-state index in [-0.39, 0.29) is 10.9 Å². The largest absolute Gasteiger partial charge is 0.417 e. The SMILES string of the molecule is C/C=N/NC=O.CC.Cc1cccc(C(=O)Nc2ccc(N3CCCCC3)cc2C)c1.FC(F)(F)c1ccccc1Cl. The summed E-state index contributed by atoms with van der Waals surface area (Å²) in [6.45, 7) is 12.0. The number of hydrogen-bond donors (Lipinski definition) is 2. The van der Waals surface area contributed by atoms with Crippen LogP contribution >= 0.6 is 11.6 Å². The molecule has 2 N–H and O–H groups in total. The van der Waals surface area contributed by atoms with Crippen molar-refractivity contribution in [2.75, 3.05) is 23.3 Å². The van der Waals surface area contributed by atoms with Gasteiger partial charge in [-0.3, -0.25) is 15.0 Å². The molecule has 0 aliphatic carbocycles. The van der Waals surface area contributed by atoms with E-state index in [2.05, 4.69) is 39.8 Å². The van der Waals surface area contributed by atoms with Crippen molar-refractivity contribution in [2.45, 2.75) is 60.1 Å². The van der Waals surface area contributed by atoms with E-state index in [4.69, 9.17) is 11.6 Å². The lowest BCUT2D eigenvalue weighted by molar-refractivity contribution is -0.137. The molecular weight excluding hydrogens is 565 g/mol. The Hall–Kier alpha value is -3.85. The van der Waals surface area contributed by atoms with Gasteiger partial charge in [0.05, 0.1) is 10.6 Å². The van der Waals surface area contributed by atoms with Crippen molar-refractivity contribution in [3.8, 4) is 0 Å². The standard InChI is InChI=1S/C20H24N2O.C7H4ClF3.C3H6N2O.C2H6/c1-15-7-6-8-17(13-15)20(23)21-19-10-9-18(14-16(19)2)22-11-4-3-5-12-22;8-6-4-2-1-3-5(6)7(9,10)11;1-2-4-5-3-6;1-2/h6-10,13-14H,3-5,11-12H2,1-2H3,(H,21,23);1-4H;2-3H,1H3,(H,5,6);1-2H3/b;;4-2+;. The molecule has 0 aromatic heterocycles. The second kappa shape index (κ2) is 19.3. The predicted octanol–water partition coefficient (Wildman–Crippen LogP) is 8.67. The minimum atomic E-state index is -4.35. The molecule has 6 nitrogen and oxygen atoms in total. The predicted molar refractivity (Wildman–Crippen MR) is 168 cm³/mol. The number of rotatable bonds is 5. The van der Waals surface area contributed by atoms with Gasteiger partial charge in [0.15, 0.2) is 0 Å². The Bertz CT molecular complexity index is 1280. The third-order valence-corrected chi connectivity index (χ3v) is 6.22. The fourth-order valence-corrected chi connectivity index (χ4v) is 4.16. The van der Waals surface area contributed by atoms with Crippen LogP contribution < -0.4 is 15.6 Å². The number of hydrogen-bond acceptors (Lipinski definition) is 4. The molecule has 1 fully saturated rings. The summed E-state index contributed by atoms with van der Waals surface area (Å²) in [7, 11) is 0. The highest BCUT2D eigenvalue weighted by atomic mass is 35.5. The fourth-order valence-electron chi connectivity index (χ4n) is 3.91. The average molecular weight is 605 g/mol. The van der Waals surface area contributed by atoms with Crippen LogP contribution in [0.2, 0.25) is 5.02 Å². The van der Waals surface area contributed by atoms with Gasteiger partial charge in [0, 0.05) is 36.2 Å². The molecule has 0 unspecified atom stereocenters. The van der Waals surface area contributed by atoms with E-state index in [0.717, 1.165) is 36.0 Å². The Kier molecular flexibility index (Phi) is 16.6. The second-order valence-electron chi connectivity index (χ2n) is 8.98. The zero-order valence-corrected chi connectivity index (χ0v) is 25.5. The lowest BCUT2D eigenvalue weighted by Crippen LogP contribution is -2.29. The zero-order chi connectivity index (χ0) is 31.5. The molecule has 0 saturated carbocycles. The van der Waals surface area contributed by atoms with E-state index in [0.29, 0.717) is 12.0 Å². The van der Waals surface area contributed by atoms with Crippen molar-refractivity contribution in [3.05, 3.63) is 94.0 Å². The molecule has 4 rings (SSSR count). The lowest BCUT2D eigenvalue weighted by Gasteiger charge is -2.29. The molecule has 0 spiro atoms. The molecule has 1 saturated heterocycles. The summed E-state index contributed by atoms with van der Waals surface area (Å²) in [5, 5.41) is 6.11. The summed E-state index contributed by atoms with van der Waals surface area (Å²) < 4.78 is 35.9. The molecule has 0 radical (unpaired) electrons. The van der Waals surface area contributed by atoms with Crippen LogP contribution in [0.3, 0.4) is 0 Å². The van der Waals surface area contributed by atoms with E-state index in [1.54, 1.807) is 6.92 Å². The lowest BCUT2D eigenvalue weighted by atomic mass is 10.1. The van der Waals surface area contributed by atoms with E-state index in [1.165, 1.54) is 49.4 Å². The number of anilines is 2. The van der Waals surface area contributed by atoms with Crippen LogP contribution in [0.4, 0.5) is 24.5 Å². The number of benzene rings is 3. The second-order valence-corrected chi connectivity index (χ2v) is 9.39. The van der Waals surface area contributed by atoms with Crippen molar-refractivity contribution in [2.24, 2.45) is 5.10 Å². The number of piperidine rings is 1. The van der Waals surface area contributed by atoms with E-state index in [9.17, 15) is 22.8 Å². The van der Waals surface area contributed by atoms with Crippen LogP contribution in [0.1, 0.15) is 67.1 Å². The number of halogens is 4. The van der Waals surface area contributed by atoms with Crippen molar-refractivity contribution < 1.29 is 22.8 Å². The van der Waals surface area contributed by atoms with E-state index in [1.807, 2.05) is 51.1 Å². The molecule has 1 aliphatic heterocycles. The highest BCUT2D eigenvalue weighted by molar-refractivity contribution is 6.31. The van der Waals surface area contributed by atoms with Gasteiger partial charge in [-0.25, -0.2) is 0 Å². The normalized spacial score (nSPS) is 12.5. The van der Waals surface area contributed by atoms with Gasteiger partial charge >= 0.3 is 6.18 Å². The summed E-state index contributed by atoms with van der Waals surface area (Å²) in [6.07, 6.45) is 1.53.